The van der Waals surface area contributed by atoms with Crippen LogP contribution in [0.2, 0.25) is 0 Å². The van der Waals surface area contributed by atoms with Crippen molar-refractivity contribution in [3.05, 3.63) is 0 Å². The second kappa shape index (κ2) is 4.89. The number of carbonyl (C=O) groups is 1. The van der Waals surface area contributed by atoms with Gasteiger partial charge in [0.15, 0.2) is 0 Å². The van der Waals surface area contributed by atoms with Crippen LogP contribution in [-0.2, 0) is 4.74 Å². The molecule has 2 nitrogen and oxygen atoms in total. The molecule has 0 unspecified atom stereocenters. The molecule has 0 bridgehead atoms. The Bertz CT molecular complexity index is 96.6. The van der Waals surface area contributed by atoms with E-state index in [1.807, 2.05) is 0 Å². The topological polar surface area (TPSA) is 26.3 Å². The zero-order valence-electron chi connectivity index (χ0n) is 4.73. The van der Waals surface area contributed by atoms with E-state index in [1.165, 1.54) is 0 Å². The van der Waals surface area contributed by atoms with Gasteiger partial charge in [-0.05, 0) is 0 Å². The van der Waals surface area contributed by atoms with Gasteiger partial charge in [0.05, 0.1) is 0 Å². The van der Waals surface area contributed by atoms with Crippen LogP contribution in [0.5, 0.6) is 0 Å². The summed E-state index contributed by atoms with van der Waals surface area (Å²) in [5.41, 5.74) is 0. The first-order chi connectivity index (χ1) is 4.16. The second-order valence-corrected chi connectivity index (χ2v) is 3.47. The van der Waals surface area contributed by atoms with Crippen molar-refractivity contribution in [1.29, 1.82) is 0 Å². The van der Waals surface area contributed by atoms with E-state index < -0.39 is 29.6 Å². The van der Waals surface area contributed by atoms with E-state index in [2.05, 4.69) is 4.74 Å². The maximum atomic E-state index is 11.4. The Kier molecular flexibility index (Phi) is 4.93. The number of carbonyl (C=O) groups excluding carboxylic acids is 1. The average molecular weight is 251 g/mol. The van der Waals surface area contributed by atoms with Gasteiger partial charge in [-0.2, -0.15) is 0 Å². The number of hydrogen-bond acceptors (Lipinski definition) is 2. The third kappa shape index (κ3) is 5.94. The Morgan fingerprint density at radius 1 is 1.78 bits per heavy atom. The molecule has 0 amide bonds. The Morgan fingerprint density at radius 3 is 2.67 bits per heavy atom. The number of ether oxygens (including phenoxy) is 1. The Balaban J connectivity index is 3.27. The Labute approximate surface area is 61.8 Å². The number of halogens is 3. The van der Waals surface area contributed by atoms with Crippen molar-refractivity contribution in [2.45, 2.75) is 11.4 Å². The van der Waals surface area contributed by atoms with E-state index in [0.29, 0.717) is 0 Å². The molecule has 0 aromatic rings. The van der Waals surface area contributed by atoms with E-state index in [1.54, 1.807) is 6.92 Å². The summed E-state index contributed by atoms with van der Waals surface area (Å²) >= 11 is -1.70. The van der Waals surface area contributed by atoms with Gasteiger partial charge in [-0.1, -0.05) is 0 Å². The summed E-state index contributed by atoms with van der Waals surface area (Å²) in [6.45, 7) is 1.78. The minimum absolute atomic E-state index is 0.186. The van der Waals surface area contributed by atoms with Crippen molar-refractivity contribution in [3.63, 3.8) is 0 Å². The van der Waals surface area contributed by atoms with E-state index >= 15 is 0 Å². The van der Waals surface area contributed by atoms with Crippen molar-refractivity contribution < 1.29 is 39.5 Å². The first kappa shape index (κ1) is 9.06. The predicted molar refractivity (Wildman–Crippen MR) is 23.0 cm³/mol. The molecule has 0 N–H and O–H groups in total. The SMILES string of the molecule is CCOC(=O)[I-]C(F)F. The minimum atomic E-state index is -2.48. The summed E-state index contributed by atoms with van der Waals surface area (Å²) in [5.74, 6) is 0. The van der Waals surface area contributed by atoms with Crippen molar-refractivity contribution in [2.75, 3.05) is 6.61 Å². The van der Waals surface area contributed by atoms with Gasteiger partial charge in [-0.3, -0.25) is 0 Å². The molecule has 56 valence electrons. The molecule has 5 heteroatoms. The Hall–Kier alpha value is 0.0600. The fraction of sp³-hybridized carbons (Fsp3) is 0.750. The van der Waals surface area contributed by atoms with E-state index in [4.69, 9.17) is 0 Å². The first-order valence-electron chi connectivity index (χ1n) is 2.25. The van der Waals surface area contributed by atoms with E-state index in [9.17, 15) is 13.6 Å². The zero-order valence-corrected chi connectivity index (χ0v) is 6.89. The molecule has 0 rings (SSSR count). The monoisotopic (exact) mass is 251 g/mol. The van der Waals surface area contributed by atoms with Gasteiger partial charge < -0.3 is 0 Å². The van der Waals surface area contributed by atoms with Gasteiger partial charge in [0.1, 0.15) is 0 Å². The summed E-state index contributed by atoms with van der Waals surface area (Å²) in [6.07, 6.45) is 0. The summed E-state index contributed by atoms with van der Waals surface area (Å²) in [5, 5.41) is 0. The maximum absolute atomic E-state index is 11.4. The van der Waals surface area contributed by atoms with Gasteiger partial charge in [0.25, 0.3) is 0 Å². The Morgan fingerprint density at radius 2 is 2.33 bits per heavy atom. The van der Waals surface area contributed by atoms with Crippen LogP contribution < -0.4 is 21.2 Å². The predicted octanol–water partition coefficient (Wildman–Crippen LogP) is -1.55. The van der Waals surface area contributed by atoms with Gasteiger partial charge in [-0.15, -0.1) is 0 Å². The molecular weight excluding hydrogens is 245 g/mol. The third-order valence-electron chi connectivity index (χ3n) is 0.429. The second-order valence-electron chi connectivity index (χ2n) is 1.03. The van der Waals surface area contributed by atoms with Crippen molar-refractivity contribution >= 4 is 3.98 Å². The van der Waals surface area contributed by atoms with Crippen LogP contribution in [0.15, 0.2) is 0 Å². The fourth-order valence-electron chi connectivity index (χ4n) is 0.212. The normalized spacial score (nSPS) is 10.2. The van der Waals surface area contributed by atoms with E-state index in [0.717, 1.165) is 0 Å². The summed E-state index contributed by atoms with van der Waals surface area (Å²) in [4.78, 5) is 10.2. The van der Waals surface area contributed by atoms with Gasteiger partial charge in [0, 0.05) is 0 Å². The molecule has 0 atom stereocenters. The fourth-order valence-corrected chi connectivity index (χ4v) is 1.09. The van der Waals surface area contributed by atoms with Gasteiger partial charge in [0.2, 0.25) is 0 Å². The van der Waals surface area contributed by atoms with Crippen LogP contribution in [0.3, 0.4) is 0 Å². The molecular formula is C4H6F2IO2-. The molecule has 0 aromatic heterocycles. The van der Waals surface area contributed by atoms with Crippen molar-refractivity contribution in [3.8, 4) is 0 Å². The average Bonchev–Trinajstić information content (AvgIpc) is 1.63. The van der Waals surface area contributed by atoms with Crippen LogP contribution in [0.4, 0.5) is 13.6 Å². The van der Waals surface area contributed by atoms with Gasteiger partial charge >= 0.3 is 61.5 Å². The molecule has 0 fully saturated rings. The van der Waals surface area contributed by atoms with Crippen LogP contribution in [0, 0.1) is 0 Å². The van der Waals surface area contributed by atoms with Crippen LogP contribution in [0.1, 0.15) is 6.92 Å². The van der Waals surface area contributed by atoms with Gasteiger partial charge in [-0.25, -0.2) is 0 Å². The van der Waals surface area contributed by atoms with E-state index in [-0.39, 0.29) is 6.61 Å². The standard InChI is InChI=1S/C4H6F2IO2/c1-2-9-4(8)7-3(5)6/h3H,2H2,1H3/q-1. The van der Waals surface area contributed by atoms with Crippen molar-refractivity contribution in [1.82, 2.24) is 0 Å². The molecule has 0 aliphatic heterocycles. The first-order valence-corrected chi connectivity index (χ1v) is 4.57. The van der Waals surface area contributed by atoms with Crippen LogP contribution >= 0.6 is 0 Å². The molecule has 0 aromatic carbocycles. The molecule has 9 heavy (non-hydrogen) atoms. The molecule has 0 heterocycles. The van der Waals surface area contributed by atoms with Crippen molar-refractivity contribution in [2.24, 2.45) is 0 Å². The number of hydrogen-bond donors (Lipinski definition) is 0. The van der Waals surface area contributed by atoms with Crippen LogP contribution in [0.25, 0.3) is 0 Å². The third-order valence-corrected chi connectivity index (χ3v) is 1.72. The summed E-state index contributed by atoms with van der Waals surface area (Å²) in [6, 6.07) is 0. The number of alkyl halides is 3. The molecule has 0 aliphatic rings. The molecule has 0 saturated carbocycles. The number of rotatable bonds is 3. The van der Waals surface area contributed by atoms with Crippen LogP contribution in [-0.4, -0.2) is 15.0 Å². The zero-order chi connectivity index (χ0) is 7.28. The summed E-state index contributed by atoms with van der Waals surface area (Å²) in [7, 11) is 0. The molecule has 0 saturated heterocycles. The molecule has 0 aliphatic carbocycles. The molecule has 0 radical (unpaired) electrons. The summed E-state index contributed by atoms with van der Waals surface area (Å²) < 4.78 is 23.8. The molecule has 0 spiro atoms. The quantitative estimate of drug-likeness (QED) is 0.345.